The standard InChI is InChI=1S/C16H17N5O3/c22-15(12-13-2-4-14(5-3-13)21(23)24)19-8-10-20(11-9-19)16-17-6-1-7-18-16/h1-7H,8-12H2. The van der Waals surface area contributed by atoms with E-state index in [1.165, 1.54) is 12.1 Å². The molecular weight excluding hydrogens is 310 g/mol. The summed E-state index contributed by atoms with van der Waals surface area (Å²) < 4.78 is 0. The van der Waals surface area contributed by atoms with Crippen molar-refractivity contribution in [2.45, 2.75) is 6.42 Å². The van der Waals surface area contributed by atoms with E-state index in [1.807, 2.05) is 0 Å². The number of piperazine rings is 1. The maximum atomic E-state index is 12.4. The van der Waals surface area contributed by atoms with E-state index in [-0.39, 0.29) is 18.0 Å². The van der Waals surface area contributed by atoms with Crippen molar-refractivity contribution in [2.75, 3.05) is 31.1 Å². The van der Waals surface area contributed by atoms with Crippen LogP contribution in [0.3, 0.4) is 0 Å². The number of benzene rings is 1. The van der Waals surface area contributed by atoms with Gasteiger partial charge in [-0.05, 0) is 11.6 Å². The van der Waals surface area contributed by atoms with Crippen molar-refractivity contribution >= 4 is 17.5 Å². The number of nitro groups is 1. The summed E-state index contributed by atoms with van der Waals surface area (Å²) in [7, 11) is 0. The van der Waals surface area contributed by atoms with Gasteiger partial charge in [0.2, 0.25) is 11.9 Å². The summed E-state index contributed by atoms with van der Waals surface area (Å²) in [6.45, 7) is 2.61. The van der Waals surface area contributed by atoms with Gasteiger partial charge in [-0.25, -0.2) is 9.97 Å². The topological polar surface area (TPSA) is 92.5 Å². The number of anilines is 1. The predicted molar refractivity (Wildman–Crippen MR) is 87.6 cm³/mol. The Kier molecular flexibility index (Phi) is 4.64. The third-order valence-electron chi connectivity index (χ3n) is 3.97. The van der Waals surface area contributed by atoms with E-state index in [2.05, 4.69) is 14.9 Å². The molecule has 0 spiro atoms. The molecule has 1 amide bonds. The molecule has 124 valence electrons. The number of nitrogens with zero attached hydrogens (tertiary/aromatic N) is 5. The van der Waals surface area contributed by atoms with Crippen molar-refractivity contribution in [3.8, 4) is 0 Å². The third-order valence-corrected chi connectivity index (χ3v) is 3.97. The summed E-state index contributed by atoms with van der Waals surface area (Å²) in [6.07, 6.45) is 3.66. The molecule has 0 bridgehead atoms. The summed E-state index contributed by atoms with van der Waals surface area (Å²) >= 11 is 0. The van der Waals surface area contributed by atoms with Crippen LogP contribution in [0.2, 0.25) is 0 Å². The Hall–Kier alpha value is -3.03. The predicted octanol–water partition coefficient (Wildman–Crippen LogP) is 1.28. The van der Waals surface area contributed by atoms with Crippen molar-refractivity contribution < 1.29 is 9.72 Å². The van der Waals surface area contributed by atoms with Crippen LogP contribution in [0.4, 0.5) is 11.6 Å². The summed E-state index contributed by atoms with van der Waals surface area (Å²) in [6, 6.07) is 7.88. The largest absolute Gasteiger partial charge is 0.339 e. The summed E-state index contributed by atoms with van der Waals surface area (Å²) in [4.78, 5) is 34.9. The molecule has 8 heteroatoms. The van der Waals surface area contributed by atoms with Crippen molar-refractivity contribution in [1.29, 1.82) is 0 Å². The van der Waals surface area contributed by atoms with Crippen LogP contribution < -0.4 is 4.90 Å². The highest BCUT2D eigenvalue weighted by Crippen LogP contribution is 2.14. The SMILES string of the molecule is O=C(Cc1ccc([N+](=O)[O-])cc1)N1CCN(c2ncccn2)CC1. The number of hydrogen-bond acceptors (Lipinski definition) is 6. The van der Waals surface area contributed by atoms with Crippen molar-refractivity contribution in [2.24, 2.45) is 0 Å². The molecule has 0 saturated carbocycles. The molecule has 1 aromatic heterocycles. The Labute approximate surface area is 138 Å². The minimum absolute atomic E-state index is 0.0254. The zero-order chi connectivity index (χ0) is 16.9. The number of carbonyl (C=O) groups excluding carboxylic acids is 1. The van der Waals surface area contributed by atoms with Crippen molar-refractivity contribution in [3.63, 3.8) is 0 Å². The first kappa shape index (κ1) is 15.9. The lowest BCUT2D eigenvalue weighted by Gasteiger charge is -2.34. The number of aromatic nitrogens is 2. The molecule has 2 aromatic rings. The van der Waals surface area contributed by atoms with Gasteiger partial charge < -0.3 is 9.80 Å². The van der Waals surface area contributed by atoms with E-state index >= 15 is 0 Å². The zero-order valence-corrected chi connectivity index (χ0v) is 13.0. The van der Waals surface area contributed by atoms with Crippen LogP contribution in [0.25, 0.3) is 0 Å². The smallest absolute Gasteiger partial charge is 0.269 e. The molecule has 0 unspecified atom stereocenters. The van der Waals surface area contributed by atoms with Gasteiger partial charge in [-0.2, -0.15) is 0 Å². The van der Waals surface area contributed by atoms with Gasteiger partial charge in [0, 0.05) is 50.7 Å². The zero-order valence-electron chi connectivity index (χ0n) is 13.0. The number of carbonyl (C=O) groups is 1. The Morgan fingerprint density at radius 2 is 1.71 bits per heavy atom. The van der Waals surface area contributed by atoms with Gasteiger partial charge in [0.15, 0.2) is 0 Å². The first-order chi connectivity index (χ1) is 11.6. The van der Waals surface area contributed by atoms with Gasteiger partial charge in [-0.3, -0.25) is 14.9 Å². The lowest BCUT2D eigenvalue weighted by atomic mass is 10.1. The Morgan fingerprint density at radius 1 is 1.08 bits per heavy atom. The van der Waals surface area contributed by atoms with E-state index in [9.17, 15) is 14.9 Å². The van der Waals surface area contributed by atoms with Crippen molar-refractivity contribution in [1.82, 2.24) is 14.9 Å². The average Bonchev–Trinajstić information content (AvgIpc) is 2.63. The fraction of sp³-hybridized carbons (Fsp3) is 0.312. The second-order valence-corrected chi connectivity index (χ2v) is 5.52. The van der Waals surface area contributed by atoms with Crippen molar-refractivity contribution in [3.05, 3.63) is 58.4 Å². The fourth-order valence-corrected chi connectivity index (χ4v) is 2.63. The highest BCUT2D eigenvalue weighted by molar-refractivity contribution is 5.79. The number of rotatable bonds is 4. The number of hydrogen-bond donors (Lipinski definition) is 0. The van der Waals surface area contributed by atoms with E-state index in [0.29, 0.717) is 32.1 Å². The van der Waals surface area contributed by atoms with Crippen LogP contribution in [-0.4, -0.2) is 51.9 Å². The highest BCUT2D eigenvalue weighted by atomic mass is 16.6. The molecule has 3 rings (SSSR count). The molecule has 8 nitrogen and oxygen atoms in total. The number of nitro benzene ring substituents is 1. The van der Waals surface area contributed by atoms with Crippen LogP contribution in [-0.2, 0) is 11.2 Å². The fourth-order valence-electron chi connectivity index (χ4n) is 2.63. The molecule has 1 aromatic carbocycles. The highest BCUT2D eigenvalue weighted by Gasteiger charge is 2.22. The Bertz CT molecular complexity index is 712. The van der Waals surface area contributed by atoms with Crippen LogP contribution in [0, 0.1) is 10.1 Å². The van der Waals surface area contributed by atoms with Crippen LogP contribution in [0.15, 0.2) is 42.7 Å². The van der Waals surface area contributed by atoms with Gasteiger partial charge in [-0.15, -0.1) is 0 Å². The lowest BCUT2D eigenvalue weighted by Crippen LogP contribution is -2.49. The Morgan fingerprint density at radius 3 is 2.29 bits per heavy atom. The van der Waals surface area contributed by atoms with Gasteiger partial charge in [0.05, 0.1) is 11.3 Å². The van der Waals surface area contributed by atoms with Gasteiger partial charge in [0.25, 0.3) is 5.69 Å². The van der Waals surface area contributed by atoms with Gasteiger partial charge >= 0.3 is 0 Å². The quantitative estimate of drug-likeness (QED) is 0.620. The first-order valence-corrected chi connectivity index (χ1v) is 7.66. The number of amides is 1. The monoisotopic (exact) mass is 327 g/mol. The molecule has 1 saturated heterocycles. The molecule has 1 aliphatic rings. The van der Waals surface area contributed by atoms with Crippen LogP contribution >= 0.6 is 0 Å². The molecule has 2 heterocycles. The maximum Gasteiger partial charge on any atom is 0.269 e. The minimum Gasteiger partial charge on any atom is -0.339 e. The summed E-state index contributed by atoms with van der Waals surface area (Å²) in [5, 5.41) is 10.6. The average molecular weight is 327 g/mol. The van der Waals surface area contributed by atoms with Crippen LogP contribution in [0.1, 0.15) is 5.56 Å². The molecule has 1 fully saturated rings. The van der Waals surface area contributed by atoms with E-state index in [4.69, 9.17) is 0 Å². The molecule has 0 radical (unpaired) electrons. The maximum absolute atomic E-state index is 12.4. The van der Waals surface area contributed by atoms with E-state index in [0.717, 1.165) is 5.56 Å². The third kappa shape index (κ3) is 3.65. The first-order valence-electron chi connectivity index (χ1n) is 7.66. The second-order valence-electron chi connectivity index (χ2n) is 5.52. The van der Waals surface area contributed by atoms with E-state index < -0.39 is 4.92 Å². The minimum atomic E-state index is -0.448. The lowest BCUT2D eigenvalue weighted by molar-refractivity contribution is -0.384. The summed E-state index contributed by atoms with van der Waals surface area (Å²) in [5.74, 6) is 0.706. The van der Waals surface area contributed by atoms with Gasteiger partial charge in [0.1, 0.15) is 0 Å². The second kappa shape index (κ2) is 7.03. The molecule has 24 heavy (non-hydrogen) atoms. The molecule has 1 aliphatic heterocycles. The molecule has 0 N–H and O–H groups in total. The van der Waals surface area contributed by atoms with Gasteiger partial charge in [-0.1, -0.05) is 12.1 Å². The summed E-state index contributed by atoms with van der Waals surface area (Å²) in [5.41, 5.74) is 0.807. The van der Waals surface area contributed by atoms with Crippen LogP contribution in [0.5, 0.6) is 0 Å². The Balaban J connectivity index is 1.54. The number of non-ortho nitro benzene ring substituents is 1. The normalized spacial score (nSPS) is 14.5. The molecule has 0 atom stereocenters. The molecule has 0 aliphatic carbocycles. The molecular formula is C16H17N5O3. The van der Waals surface area contributed by atoms with E-state index in [1.54, 1.807) is 35.5 Å².